The van der Waals surface area contributed by atoms with E-state index in [1.165, 1.54) is 0 Å². The molecule has 78 valence electrons. The lowest BCUT2D eigenvalue weighted by molar-refractivity contribution is -0.120. The topological polar surface area (TPSA) is 85.1 Å². The van der Waals surface area contributed by atoms with Gasteiger partial charge in [0.1, 0.15) is 16.8 Å². The molecule has 2 rings (SSSR count). The Kier molecular flexibility index (Phi) is 2.32. The van der Waals surface area contributed by atoms with Gasteiger partial charge in [0.25, 0.3) is 0 Å². The molecule has 1 aromatic heterocycles. The minimum atomic E-state index is -0.858. The zero-order valence-electron chi connectivity index (χ0n) is 7.66. The zero-order valence-corrected chi connectivity index (χ0v) is 8.41. The Morgan fingerprint density at radius 3 is 3.00 bits per heavy atom. The molecule has 1 atom stereocenters. The van der Waals surface area contributed by atoms with Gasteiger partial charge in [-0.25, -0.2) is 4.98 Å². The summed E-state index contributed by atoms with van der Waals surface area (Å²) in [5.74, 6) is -1.89. The Labute approximate surface area is 90.6 Å². The number of anilines is 1. The van der Waals surface area contributed by atoms with Crippen molar-refractivity contribution in [1.82, 2.24) is 4.98 Å². The van der Waals surface area contributed by atoms with E-state index in [1.807, 2.05) is 0 Å². The normalized spacial score (nSPS) is 19.3. The number of primary amides is 1. The number of hydrogen-bond acceptors (Lipinski definition) is 4. The van der Waals surface area contributed by atoms with Crippen molar-refractivity contribution < 1.29 is 9.59 Å². The number of aromatic nitrogens is 1. The first-order chi connectivity index (χ1) is 7.09. The van der Waals surface area contributed by atoms with Crippen molar-refractivity contribution >= 4 is 29.0 Å². The van der Waals surface area contributed by atoms with Crippen LogP contribution in [-0.2, 0) is 4.79 Å². The van der Waals surface area contributed by atoms with Crippen LogP contribution >= 0.6 is 11.6 Å². The van der Waals surface area contributed by atoms with Crippen molar-refractivity contribution in [2.24, 2.45) is 11.7 Å². The first kappa shape index (κ1) is 9.92. The second kappa shape index (κ2) is 3.51. The van der Waals surface area contributed by atoms with Crippen LogP contribution in [-0.4, -0.2) is 23.2 Å². The fraction of sp³-hybridized carbons (Fsp3) is 0.222. The average molecular weight is 226 g/mol. The maximum atomic E-state index is 11.7. The first-order valence-corrected chi connectivity index (χ1v) is 4.71. The molecule has 1 aliphatic rings. The molecule has 3 N–H and O–H groups in total. The Morgan fingerprint density at radius 2 is 2.33 bits per heavy atom. The van der Waals surface area contributed by atoms with Crippen molar-refractivity contribution in [3.63, 3.8) is 0 Å². The summed E-state index contributed by atoms with van der Waals surface area (Å²) in [4.78, 5) is 26.6. The Balaban J connectivity index is 2.45. The van der Waals surface area contributed by atoms with Crippen LogP contribution in [0.3, 0.4) is 0 Å². The number of pyridine rings is 1. The van der Waals surface area contributed by atoms with Crippen molar-refractivity contribution in [2.75, 3.05) is 11.9 Å². The number of nitrogens with one attached hydrogen (secondary N) is 1. The molecule has 0 aromatic carbocycles. The number of hydrogen-bond donors (Lipinski definition) is 2. The molecule has 0 aliphatic carbocycles. The molecular formula is C9H8ClN3O2. The maximum Gasteiger partial charge on any atom is 0.230 e. The summed E-state index contributed by atoms with van der Waals surface area (Å²) >= 11 is 5.66. The highest BCUT2D eigenvalue weighted by molar-refractivity contribution is 6.29. The van der Waals surface area contributed by atoms with Crippen LogP contribution in [0.15, 0.2) is 12.1 Å². The van der Waals surface area contributed by atoms with Crippen molar-refractivity contribution in [1.29, 1.82) is 0 Å². The zero-order chi connectivity index (χ0) is 11.0. The molecular weight excluding hydrogens is 218 g/mol. The highest BCUT2D eigenvalue weighted by Crippen LogP contribution is 2.24. The second-order valence-corrected chi connectivity index (χ2v) is 3.62. The first-order valence-electron chi connectivity index (χ1n) is 4.33. The number of carbonyl (C=O) groups excluding carboxylic acids is 2. The third-order valence-electron chi connectivity index (χ3n) is 2.25. The summed E-state index contributed by atoms with van der Waals surface area (Å²) in [7, 11) is 0. The number of fused-ring (bicyclic) bond motifs is 1. The fourth-order valence-electron chi connectivity index (χ4n) is 1.47. The molecule has 0 saturated heterocycles. The van der Waals surface area contributed by atoms with Crippen molar-refractivity contribution in [3.05, 3.63) is 23.0 Å². The van der Waals surface area contributed by atoms with Crippen molar-refractivity contribution in [3.8, 4) is 0 Å². The van der Waals surface area contributed by atoms with Gasteiger partial charge in [0.05, 0.1) is 5.69 Å². The molecule has 1 aromatic rings. The van der Waals surface area contributed by atoms with Crippen molar-refractivity contribution in [2.45, 2.75) is 0 Å². The maximum absolute atomic E-state index is 11.7. The van der Waals surface area contributed by atoms with Crippen LogP contribution in [0.25, 0.3) is 0 Å². The van der Waals surface area contributed by atoms with E-state index >= 15 is 0 Å². The van der Waals surface area contributed by atoms with Gasteiger partial charge in [0, 0.05) is 6.54 Å². The number of nitrogens with two attached hydrogens (primary N) is 1. The molecule has 1 aliphatic heterocycles. The number of carbonyl (C=O) groups is 2. The number of nitrogens with zero attached hydrogens (tertiary/aromatic N) is 1. The minimum absolute atomic E-state index is 0.178. The largest absolute Gasteiger partial charge is 0.382 e. The van der Waals surface area contributed by atoms with E-state index in [1.54, 1.807) is 12.1 Å². The highest BCUT2D eigenvalue weighted by Gasteiger charge is 2.32. The van der Waals surface area contributed by atoms with Gasteiger partial charge in [-0.2, -0.15) is 0 Å². The summed E-state index contributed by atoms with van der Waals surface area (Å²) in [6.07, 6.45) is 0. The molecule has 0 radical (unpaired) electrons. The van der Waals surface area contributed by atoms with E-state index < -0.39 is 11.8 Å². The van der Waals surface area contributed by atoms with Gasteiger partial charge in [-0.15, -0.1) is 0 Å². The van der Waals surface area contributed by atoms with Crippen LogP contribution in [0.2, 0.25) is 5.15 Å². The molecule has 1 amide bonds. The van der Waals surface area contributed by atoms with Crippen LogP contribution in [0.5, 0.6) is 0 Å². The van der Waals surface area contributed by atoms with Gasteiger partial charge < -0.3 is 11.1 Å². The molecule has 0 spiro atoms. The number of ketones is 1. The molecule has 6 heteroatoms. The van der Waals surface area contributed by atoms with E-state index in [2.05, 4.69) is 10.3 Å². The SMILES string of the molecule is NC(=O)C1CNc2ccc(Cl)nc2C1=O. The summed E-state index contributed by atoms with van der Waals surface area (Å²) in [5.41, 5.74) is 5.86. The number of Topliss-reactive ketones (excluding diaryl/α,β-unsaturated/α-hetero) is 1. The fourth-order valence-corrected chi connectivity index (χ4v) is 1.61. The third kappa shape index (κ3) is 1.66. The molecule has 0 bridgehead atoms. The Morgan fingerprint density at radius 1 is 1.60 bits per heavy atom. The Hall–Kier alpha value is -1.62. The minimum Gasteiger partial charge on any atom is -0.382 e. The predicted octanol–water partition coefficient (Wildman–Crippen LogP) is 0.445. The van der Waals surface area contributed by atoms with Gasteiger partial charge in [-0.05, 0) is 12.1 Å². The third-order valence-corrected chi connectivity index (χ3v) is 2.46. The van der Waals surface area contributed by atoms with Crippen LogP contribution in [0, 0.1) is 5.92 Å². The lowest BCUT2D eigenvalue weighted by Crippen LogP contribution is -2.39. The predicted molar refractivity (Wildman–Crippen MR) is 54.8 cm³/mol. The standard InChI is InChI=1S/C9H8ClN3O2/c10-6-2-1-5-7(13-6)8(14)4(3-12-5)9(11)15/h1-2,4,12H,3H2,(H2,11,15). The highest BCUT2D eigenvalue weighted by atomic mass is 35.5. The molecule has 0 fully saturated rings. The van der Waals surface area contributed by atoms with E-state index in [-0.39, 0.29) is 23.2 Å². The quantitative estimate of drug-likeness (QED) is 0.537. The lowest BCUT2D eigenvalue weighted by atomic mass is 9.96. The van der Waals surface area contributed by atoms with Crippen LogP contribution < -0.4 is 11.1 Å². The monoisotopic (exact) mass is 225 g/mol. The van der Waals surface area contributed by atoms with Gasteiger partial charge in [0.15, 0.2) is 5.78 Å². The van der Waals surface area contributed by atoms with E-state index in [0.717, 1.165) is 0 Å². The summed E-state index contributed by atoms with van der Waals surface area (Å²) in [5, 5.41) is 3.13. The molecule has 5 nitrogen and oxygen atoms in total. The number of halogens is 1. The van der Waals surface area contributed by atoms with E-state index in [4.69, 9.17) is 17.3 Å². The summed E-state index contributed by atoms with van der Waals surface area (Å²) in [6, 6.07) is 3.23. The molecule has 15 heavy (non-hydrogen) atoms. The summed E-state index contributed by atoms with van der Waals surface area (Å²) in [6.45, 7) is 0.213. The van der Waals surface area contributed by atoms with E-state index in [0.29, 0.717) is 5.69 Å². The molecule has 0 saturated carbocycles. The number of amides is 1. The molecule has 1 unspecified atom stereocenters. The van der Waals surface area contributed by atoms with Crippen LogP contribution in [0.4, 0.5) is 5.69 Å². The van der Waals surface area contributed by atoms with Gasteiger partial charge in [-0.3, -0.25) is 9.59 Å². The lowest BCUT2D eigenvalue weighted by Gasteiger charge is -2.21. The Bertz CT molecular complexity index is 447. The summed E-state index contributed by atoms with van der Waals surface area (Å²) < 4.78 is 0. The van der Waals surface area contributed by atoms with E-state index in [9.17, 15) is 9.59 Å². The number of rotatable bonds is 1. The average Bonchev–Trinajstić information content (AvgIpc) is 2.19. The van der Waals surface area contributed by atoms with Gasteiger partial charge in [-0.1, -0.05) is 11.6 Å². The second-order valence-electron chi connectivity index (χ2n) is 3.23. The van der Waals surface area contributed by atoms with Gasteiger partial charge >= 0.3 is 0 Å². The molecule has 2 heterocycles. The van der Waals surface area contributed by atoms with Gasteiger partial charge in [0.2, 0.25) is 5.91 Å². The van der Waals surface area contributed by atoms with Crippen LogP contribution in [0.1, 0.15) is 10.5 Å². The smallest absolute Gasteiger partial charge is 0.230 e.